The number of nitrogen functional groups attached to an aromatic ring is 1. The number of methoxy groups -OCH3 is 1. The highest BCUT2D eigenvalue weighted by atomic mass is 16.5. The van der Waals surface area contributed by atoms with E-state index in [-0.39, 0.29) is 5.91 Å². The normalized spacial score (nSPS) is 10.3. The molecule has 100 valence electrons. The number of amides is 1. The van der Waals surface area contributed by atoms with Crippen LogP contribution in [0.25, 0.3) is 0 Å². The molecule has 1 aromatic rings. The van der Waals surface area contributed by atoms with E-state index in [9.17, 15) is 4.79 Å². The van der Waals surface area contributed by atoms with Crippen molar-refractivity contribution in [2.75, 3.05) is 39.2 Å². The lowest BCUT2D eigenvalue weighted by Gasteiger charge is -2.07. The number of hydrogen-bond acceptors (Lipinski definition) is 5. The Morgan fingerprint density at radius 2 is 2.28 bits per heavy atom. The number of anilines is 1. The molecule has 6 nitrogen and oxygen atoms in total. The predicted octanol–water partition coefficient (Wildman–Crippen LogP) is 0.447. The average molecular weight is 253 g/mol. The maximum absolute atomic E-state index is 11.7. The molecule has 0 aliphatic rings. The smallest absolute Gasteiger partial charge is 0.254 e. The van der Waals surface area contributed by atoms with Crippen molar-refractivity contribution in [2.24, 2.45) is 0 Å². The van der Waals surface area contributed by atoms with E-state index in [1.807, 2.05) is 0 Å². The molecule has 0 bridgehead atoms. The predicted molar refractivity (Wildman–Crippen MR) is 68.3 cm³/mol. The van der Waals surface area contributed by atoms with Crippen molar-refractivity contribution in [3.05, 3.63) is 24.0 Å². The third kappa shape index (κ3) is 5.11. The lowest BCUT2D eigenvalue weighted by molar-refractivity contribution is 0.0688. The summed E-state index contributed by atoms with van der Waals surface area (Å²) in [5.41, 5.74) is 6.50. The largest absolute Gasteiger partial charge is 0.398 e. The molecule has 0 radical (unpaired) electrons. The van der Waals surface area contributed by atoms with E-state index in [1.165, 1.54) is 6.20 Å². The molecule has 0 saturated carbocycles. The number of hydrogen-bond donors (Lipinski definition) is 2. The number of rotatable bonds is 8. The maximum Gasteiger partial charge on any atom is 0.254 e. The van der Waals surface area contributed by atoms with Crippen molar-refractivity contribution in [3.8, 4) is 0 Å². The zero-order chi connectivity index (χ0) is 13.2. The van der Waals surface area contributed by atoms with E-state index in [4.69, 9.17) is 15.2 Å². The van der Waals surface area contributed by atoms with Gasteiger partial charge in [0.15, 0.2) is 0 Å². The molecule has 0 saturated heterocycles. The van der Waals surface area contributed by atoms with Gasteiger partial charge in [0.25, 0.3) is 5.91 Å². The molecule has 0 aromatic carbocycles. The molecular formula is C12H19N3O3. The summed E-state index contributed by atoms with van der Waals surface area (Å²) in [7, 11) is 1.63. The molecule has 18 heavy (non-hydrogen) atoms. The van der Waals surface area contributed by atoms with Gasteiger partial charge in [0.05, 0.1) is 18.8 Å². The molecular weight excluding hydrogens is 234 g/mol. The zero-order valence-electron chi connectivity index (χ0n) is 10.5. The molecule has 0 unspecified atom stereocenters. The topological polar surface area (TPSA) is 86.5 Å². The van der Waals surface area contributed by atoms with Gasteiger partial charge in [0.1, 0.15) is 0 Å². The van der Waals surface area contributed by atoms with E-state index in [0.717, 1.165) is 6.42 Å². The Morgan fingerprint density at radius 1 is 1.44 bits per heavy atom. The van der Waals surface area contributed by atoms with Gasteiger partial charge in [-0.1, -0.05) is 0 Å². The van der Waals surface area contributed by atoms with Gasteiger partial charge in [-0.2, -0.15) is 0 Å². The van der Waals surface area contributed by atoms with Crippen molar-refractivity contribution in [3.63, 3.8) is 0 Å². The molecule has 0 fully saturated rings. The van der Waals surface area contributed by atoms with Crippen LogP contribution in [0.3, 0.4) is 0 Å². The van der Waals surface area contributed by atoms with E-state index < -0.39 is 0 Å². The van der Waals surface area contributed by atoms with Crippen LogP contribution < -0.4 is 11.1 Å². The van der Waals surface area contributed by atoms with Crippen LogP contribution in [0.2, 0.25) is 0 Å². The summed E-state index contributed by atoms with van der Waals surface area (Å²) in [6.07, 6.45) is 3.76. The van der Waals surface area contributed by atoms with Crippen LogP contribution >= 0.6 is 0 Å². The molecule has 0 atom stereocenters. The van der Waals surface area contributed by atoms with Crippen LogP contribution in [-0.4, -0.2) is 44.4 Å². The number of nitrogens with two attached hydrogens (primary N) is 1. The van der Waals surface area contributed by atoms with E-state index >= 15 is 0 Å². The highest BCUT2D eigenvalue weighted by Gasteiger charge is 2.08. The quantitative estimate of drug-likeness (QED) is 0.657. The van der Waals surface area contributed by atoms with Gasteiger partial charge in [0, 0.05) is 38.3 Å². The second-order valence-electron chi connectivity index (χ2n) is 3.68. The van der Waals surface area contributed by atoms with Crippen LogP contribution in [0.1, 0.15) is 16.8 Å². The second kappa shape index (κ2) is 8.43. The number of nitrogens with zero attached hydrogens (tertiary/aromatic N) is 1. The number of ether oxygens (including phenoxy) is 2. The van der Waals surface area contributed by atoms with Gasteiger partial charge in [-0.05, 0) is 12.5 Å². The van der Waals surface area contributed by atoms with Crippen LogP contribution in [-0.2, 0) is 9.47 Å². The molecule has 3 N–H and O–H groups in total. The number of nitrogens with one attached hydrogen (secondary N) is 1. The molecule has 1 heterocycles. The summed E-state index contributed by atoms with van der Waals surface area (Å²) in [6.45, 7) is 2.28. The zero-order valence-corrected chi connectivity index (χ0v) is 10.5. The van der Waals surface area contributed by atoms with Crippen LogP contribution in [0.4, 0.5) is 5.69 Å². The van der Waals surface area contributed by atoms with Crippen LogP contribution in [0.15, 0.2) is 18.5 Å². The SMILES string of the molecule is COCCOCCCNC(=O)c1cnccc1N. The highest BCUT2D eigenvalue weighted by molar-refractivity contribution is 5.98. The molecule has 1 amide bonds. The Labute approximate surface area is 106 Å². The number of aromatic nitrogens is 1. The minimum atomic E-state index is -0.211. The van der Waals surface area contributed by atoms with Crippen molar-refractivity contribution in [1.29, 1.82) is 0 Å². The van der Waals surface area contributed by atoms with E-state index in [1.54, 1.807) is 19.4 Å². The Morgan fingerprint density at radius 3 is 3.00 bits per heavy atom. The molecule has 0 spiro atoms. The third-order valence-electron chi connectivity index (χ3n) is 2.28. The van der Waals surface area contributed by atoms with Crippen LogP contribution in [0, 0.1) is 0 Å². The molecule has 0 aliphatic carbocycles. The van der Waals surface area contributed by atoms with Crippen LogP contribution in [0.5, 0.6) is 0 Å². The Hall–Kier alpha value is -1.66. The summed E-state index contributed by atoms with van der Waals surface area (Å²) in [4.78, 5) is 15.6. The first kappa shape index (κ1) is 14.4. The first-order valence-electron chi connectivity index (χ1n) is 5.80. The Bertz CT molecular complexity index is 371. The molecule has 1 aromatic heterocycles. The number of pyridine rings is 1. The fraction of sp³-hybridized carbons (Fsp3) is 0.500. The minimum absolute atomic E-state index is 0.211. The fourth-order valence-electron chi connectivity index (χ4n) is 1.31. The number of carbonyl (C=O) groups is 1. The van der Waals surface area contributed by atoms with Gasteiger partial charge in [-0.3, -0.25) is 9.78 Å². The molecule has 1 rings (SSSR count). The summed E-state index contributed by atoms with van der Waals surface area (Å²) in [5.74, 6) is -0.211. The maximum atomic E-state index is 11.7. The fourth-order valence-corrected chi connectivity index (χ4v) is 1.31. The Kier molecular flexibility index (Phi) is 6.75. The molecule has 0 aliphatic heterocycles. The third-order valence-corrected chi connectivity index (χ3v) is 2.28. The average Bonchev–Trinajstić information content (AvgIpc) is 2.38. The first-order valence-corrected chi connectivity index (χ1v) is 5.80. The summed E-state index contributed by atoms with van der Waals surface area (Å²) < 4.78 is 10.1. The lowest BCUT2D eigenvalue weighted by Crippen LogP contribution is -2.26. The van der Waals surface area contributed by atoms with Crippen molar-refractivity contribution in [2.45, 2.75) is 6.42 Å². The summed E-state index contributed by atoms with van der Waals surface area (Å²) >= 11 is 0. The van der Waals surface area contributed by atoms with Crippen molar-refractivity contribution in [1.82, 2.24) is 10.3 Å². The minimum Gasteiger partial charge on any atom is -0.398 e. The van der Waals surface area contributed by atoms with Gasteiger partial charge < -0.3 is 20.5 Å². The van der Waals surface area contributed by atoms with Gasteiger partial charge in [-0.15, -0.1) is 0 Å². The van der Waals surface area contributed by atoms with E-state index in [2.05, 4.69) is 10.3 Å². The van der Waals surface area contributed by atoms with Gasteiger partial charge >= 0.3 is 0 Å². The second-order valence-corrected chi connectivity index (χ2v) is 3.68. The van der Waals surface area contributed by atoms with E-state index in [0.29, 0.717) is 37.6 Å². The van der Waals surface area contributed by atoms with Crippen molar-refractivity contribution >= 4 is 11.6 Å². The highest BCUT2D eigenvalue weighted by Crippen LogP contribution is 2.07. The lowest BCUT2D eigenvalue weighted by atomic mass is 10.2. The standard InChI is InChI=1S/C12H19N3O3/c1-17-7-8-18-6-2-4-15-12(16)10-9-14-5-3-11(10)13/h3,5,9H,2,4,6-8H2,1H3,(H2,13,14)(H,15,16). The monoisotopic (exact) mass is 253 g/mol. The van der Waals surface area contributed by atoms with Crippen molar-refractivity contribution < 1.29 is 14.3 Å². The summed E-state index contributed by atoms with van der Waals surface area (Å²) in [5, 5.41) is 2.76. The first-order chi connectivity index (χ1) is 8.75. The molecule has 6 heteroatoms. The number of carbonyl (C=O) groups excluding carboxylic acids is 1. The summed E-state index contributed by atoms with van der Waals surface area (Å²) in [6, 6.07) is 1.60. The van der Waals surface area contributed by atoms with Gasteiger partial charge in [0.2, 0.25) is 0 Å². The van der Waals surface area contributed by atoms with Gasteiger partial charge in [-0.25, -0.2) is 0 Å². The Balaban J connectivity index is 2.16.